The number of pyridine rings is 1. The molecule has 0 unspecified atom stereocenters. The van der Waals surface area contributed by atoms with Crippen LogP contribution in [0.15, 0.2) is 42.7 Å². The summed E-state index contributed by atoms with van der Waals surface area (Å²) < 4.78 is 18.8. The van der Waals surface area contributed by atoms with E-state index in [1.54, 1.807) is 43.6 Å². The highest BCUT2D eigenvalue weighted by Crippen LogP contribution is 2.18. The summed E-state index contributed by atoms with van der Waals surface area (Å²) in [4.78, 5) is 15.7. The zero-order chi connectivity index (χ0) is 14.4. The van der Waals surface area contributed by atoms with Crippen molar-refractivity contribution in [2.45, 2.75) is 13.5 Å². The van der Waals surface area contributed by atoms with Gasteiger partial charge in [0.25, 0.3) is 5.91 Å². The predicted molar refractivity (Wildman–Crippen MR) is 73.0 cm³/mol. The number of hydrogen-bond donors (Lipinski definition) is 1. The van der Waals surface area contributed by atoms with E-state index in [-0.39, 0.29) is 18.2 Å². The number of nitrogens with one attached hydrogen (secondary N) is 1. The highest BCUT2D eigenvalue weighted by atomic mass is 19.1. The Morgan fingerprint density at radius 1 is 1.30 bits per heavy atom. The van der Waals surface area contributed by atoms with Gasteiger partial charge >= 0.3 is 0 Å². The van der Waals surface area contributed by atoms with Gasteiger partial charge in [0.2, 0.25) is 0 Å². The van der Waals surface area contributed by atoms with Crippen LogP contribution in [0, 0.1) is 5.82 Å². The molecule has 0 aliphatic carbocycles. The molecule has 2 rings (SSSR count). The van der Waals surface area contributed by atoms with Gasteiger partial charge in [-0.1, -0.05) is 6.07 Å². The van der Waals surface area contributed by atoms with Crippen molar-refractivity contribution in [3.8, 4) is 5.75 Å². The van der Waals surface area contributed by atoms with Crippen LogP contribution in [-0.4, -0.2) is 17.5 Å². The molecule has 4 nitrogen and oxygen atoms in total. The predicted octanol–water partition coefficient (Wildman–Crippen LogP) is 2.55. The number of aromatic nitrogens is 1. The van der Waals surface area contributed by atoms with Crippen LogP contribution in [-0.2, 0) is 6.54 Å². The van der Waals surface area contributed by atoms with Gasteiger partial charge in [-0.05, 0) is 36.8 Å². The Morgan fingerprint density at radius 3 is 2.70 bits per heavy atom. The molecule has 0 saturated carbocycles. The normalized spacial score (nSPS) is 10.1. The van der Waals surface area contributed by atoms with E-state index < -0.39 is 5.82 Å². The third-order valence-corrected chi connectivity index (χ3v) is 2.69. The molecule has 1 amide bonds. The van der Waals surface area contributed by atoms with Gasteiger partial charge in [0, 0.05) is 24.5 Å². The lowest BCUT2D eigenvalue weighted by molar-refractivity contribution is 0.0950. The van der Waals surface area contributed by atoms with Crippen LogP contribution in [0.4, 0.5) is 4.39 Å². The number of amides is 1. The molecule has 104 valence electrons. The molecule has 0 saturated heterocycles. The molecule has 5 heteroatoms. The molecule has 0 radical (unpaired) electrons. The minimum atomic E-state index is -0.428. The van der Waals surface area contributed by atoms with Gasteiger partial charge < -0.3 is 10.1 Å². The van der Waals surface area contributed by atoms with Crippen LogP contribution in [0.25, 0.3) is 0 Å². The molecule has 2 aromatic rings. The second kappa shape index (κ2) is 6.65. The maximum atomic E-state index is 13.6. The van der Waals surface area contributed by atoms with Crippen molar-refractivity contribution >= 4 is 5.91 Å². The molecule has 1 aromatic heterocycles. The zero-order valence-electron chi connectivity index (χ0n) is 11.1. The van der Waals surface area contributed by atoms with Crippen molar-refractivity contribution in [2.75, 3.05) is 6.61 Å². The molecular formula is C15H15FN2O2. The van der Waals surface area contributed by atoms with Gasteiger partial charge in [-0.15, -0.1) is 0 Å². The van der Waals surface area contributed by atoms with Crippen molar-refractivity contribution in [3.63, 3.8) is 0 Å². The molecule has 0 bridgehead atoms. The lowest BCUT2D eigenvalue weighted by atomic mass is 10.2. The minimum Gasteiger partial charge on any atom is -0.491 e. The van der Waals surface area contributed by atoms with Crippen molar-refractivity contribution in [3.05, 3.63) is 59.7 Å². The average molecular weight is 274 g/mol. The van der Waals surface area contributed by atoms with Gasteiger partial charge in [-0.3, -0.25) is 9.78 Å². The van der Waals surface area contributed by atoms with Crippen molar-refractivity contribution < 1.29 is 13.9 Å². The fourth-order valence-electron chi connectivity index (χ4n) is 1.71. The Kier molecular flexibility index (Phi) is 4.65. The van der Waals surface area contributed by atoms with E-state index in [0.29, 0.717) is 17.7 Å². The summed E-state index contributed by atoms with van der Waals surface area (Å²) in [5.41, 5.74) is 1.19. The Bertz CT molecular complexity index is 588. The first-order valence-electron chi connectivity index (χ1n) is 6.30. The first-order valence-corrected chi connectivity index (χ1v) is 6.30. The van der Waals surface area contributed by atoms with Gasteiger partial charge in [-0.2, -0.15) is 0 Å². The quantitative estimate of drug-likeness (QED) is 0.911. The summed E-state index contributed by atoms with van der Waals surface area (Å²) in [7, 11) is 0. The zero-order valence-corrected chi connectivity index (χ0v) is 11.1. The van der Waals surface area contributed by atoms with Crippen LogP contribution in [0.3, 0.4) is 0 Å². The number of nitrogens with zero attached hydrogens (tertiary/aromatic N) is 1. The molecule has 20 heavy (non-hydrogen) atoms. The number of halogens is 1. The molecule has 1 heterocycles. The number of carbonyl (C=O) groups is 1. The topological polar surface area (TPSA) is 51.2 Å². The van der Waals surface area contributed by atoms with Gasteiger partial charge in [0.1, 0.15) is 0 Å². The largest absolute Gasteiger partial charge is 0.491 e. The van der Waals surface area contributed by atoms with Crippen molar-refractivity contribution in [2.24, 2.45) is 0 Å². The number of carbonyl (C=O) groups excluding carboxylic acids is 1. The monoisotopic (exact) mass is 274 g/mol. The van der Waals surface area contributed by atoms with E-state index in [9.17, 15) is 9.18 Å². The third kappa shape index (κ3) is 3.54. The van der Waals surface area contributed by atoms with Crippen LogP contribution in [0.1, 0.15) is 22.8 Å². The Balaban J connectivity index is 1.97. The SMILES string of the molecule is CCOc1ccc(CNC(=O)c2ccncc2)cc1F. The van der Waals surface area contributed by atoms with Gasteiger partial charge in [0.05, 0.1) is 6.61 Å². The summed E-state index contributed by atoms with van der Waals surface area (Å²) in [5, 5.41) is 2.72. The molecule has 0 aliphatic heterocycles. The maximum absolute atomic E-state index is 13.6. The smallest absolute Gasteiger partial charge is 0.251 e. The summed E-state index contributed by atoms with van der Waals surface area (Å²) in [6.07, 6.45) is 3.09. The summed E-state index contributed by atoms with van der Waals surface area (Å²) in [5.74, 6) is -0.430. The van der Waals surface area contributed by atoms with E-state index in [2.05, 4.69) is 10.3 Å². The first kappa shape index (κ1) is 14.0. The first-order chi connectivity index (χ1) is 9.70. The van der Waals surface area contributed by atoms with Crippen LogP contribution >= 0.6 is 0 Å². The summed E-state index contributed by atoms with van der Waals surface area (Å²) in [6.45, 7) is 2.46. The third-order valence-electron chi connectivity index (χ3n) is 2.69. The van der Waals surface area contributed by atoms with Gasteiger partial charge in [-0.25, -0.2) is 4.39 Å². The molecule has 1 N–H and O–H groups in total. The van der Waals surface area contributed by atoms with E-state index in [0.717, 1.165) is 0 Å². The average Bonchev–Trinajstić information content (AvgIpc) is 2.48. The molecule has 0 spiro atoms. The van der Waals surface area contributed by atoms with Crippen molar-refractivity contribution in [1.29, 1.82) is 0 Å². The van der Waals surface area contributed by atoms with Crippen LogP contribution < -0.4 is 10.1 Å². The number of hydrogen-bond acceptors (Lipinski definition) is 3. The highest BCUT2D eigenvalue weighted by molar-refractivity contribution is 5.93. The van der Waals surface area contributed by atoms with E-state index in [1.165, 1.54) is 6.07 Å². The molecular weight excluding hydrogens is 259 g/mol. The number of benzene rings is 1. The fourth-order valence-corrected chi connectivity index (χ4v) is 1.71. The highest BCUT2D eigenvalue weighted by Gasteiger charge is 2.07. The Labute approximate surface area is 116 Å². The van der Waals surface area contributed by atoms with Crippen molar-refractivity contribution in [1.82, 2.24) is 10.3 Å². The minimum absolute atomic E-state index is 0.219. The van der Waals surface area contributed by atoms with E-state index >= 15 is 0 Å². The molecule has 0 atom stereocenters. The van der Waals surface area contributed by atoms with Gasteiger partial charge in [0.15, 0.2) is 11.6 Å². The van der Waals surface area contributed by atoms with Crippen LogP contribution in [0.2, 0.25) is 0 Å². The number of rotatable bonds is 5. The van der Waals surface area contributed by atoms with E-state index in [1.807, 2.05) is 0 Å². The molecule has 0 fully saturated rings. The summed E-state index contributed by atoms with van der Waals surface area (Å²) >= 11 is 0. The Hall–Kier alpha value is -2.43. The summed E-state index contributed by atoms with van der Waals surface area (Å²) in [6, 6.07) is 7.88. The molecule has 1 aromatic carbocycles. The fraction of sp³-hybridized carbons (Fsp3) is 0.200. The van der Waals surface area contributed by atoms with Crippen LogP contribution in [0.5, 0.6) is 5.75 Å². The molecule has 0 aliphatic rings. The number of ether oxygens (including phenoxy) is 1. The Morgan fingerprint density at radius 2 is 2.05 bits per heavy atom. The second-order valence-electron chi connectivity index (χ2n) is 4.12. The standard InChI is InChI=1S/C15H15FN2O2/c1-2-20-14-4-3-11(9-13(14)16)10-18-15(19)12-5-7-17-8-6-12/h3-9H,2,10H2,1H3,(H,18,19). The lowest BCUT2D eigenvalue weighted by Gasteiger charge is -2.08. The van der Waals surface area contributed by atoms with E-state index in [4.69, 9.17) is 4.74 Å². The lowest BCUT2D eigenvalue weighted by Crippen LogP contribution is -2.22. The maximum Gasteiger partial charge on any atom is 0.251 e. The second-order valence-corrected chi connectivity index (χ2v) is 4.12.